The third-order valence-corrected chi connectivity index (χ3v) is 11.0. The Morgan fingerprint density at radius 2 is 1.55 bits per heavy atom. The van der Waals surface area contributed by atoms with Crippen LogP contribution in [0.25, 0.3) is 0 Å². The van der Waals surface area contributed by atoms with Crippen molar-refractivity contribution in [1.29, 1.82) is 0 Å². The molecule has 0 bridgehead atoms. The highest BCUT2D eigenvalue weighted by Gasteiger charge is 2.42. The van der Waals surface area contributed by atoms with Crippen LogP contribution >= 0.6 is 11.3 Å². The van der Waals surface area contributed by atoms with Crippen LogP contribution in [0.4, 0.5) is 4.79 Å². The molecule has 2 saturated heterocycles. The molecule has 2 aromatic rings. The number of aromatic amines is 1. The minimum atomic E-state index is -0.708. The second-order valence-corrected chi connectivity index (χ2v) is 16.1. The molecule has 12 nitrogen and oxygen atoms in total. The first-order valence-corrected chi connectivity index (χ1v) is 19.1. The SMILES string of the molecule is COC(=O)C[C@H](C(=O)N1C[C@@H](C)C[C@H]1C1=NC=C(C#Cc2ccc(C#Cc3cnc([C@@H]4C[C@H](C)CN4C(=O)[C@@H](NC(=O)OC)C(C)C)[nH]3)s2)C1)C(C)C. The molecule has 3 aliphatic rings. The van der Waals surface area contributed by atoms with E-state index in [1.54, 1.807) is 17.3 Å². The van der Waals surface area contributed by atoms with Crippen molar-refractivity contribution in [3.8, 4) is 23.7 Å². The summed E-state index contributed by atoms with van der Waals surface area (Å²) in [6, 6.07) is 2.81. The number of carbonyl (C=O) groups is 4. The van der Waals surface area contributed by atoms with Gasteiger partial charge in [-0.2, -0.15) is 0 Å². The van der Waals surface area contributed by atoms with E-state index >= 15 is 0 Å². The number of esters is 1. The zero-order valence-corrected chi connectivity index (χ0v) is 32.6. The van der Waals surface area contributed by atoms with E-state index in [1.807, 2.05) is 44.7 Å². The maximum Gasteiger partial charge on any atom is 0.407 e. The van der Waals surface area contributed by atoms with Crippen molar-refractivity contribution in [3.63, 3.8) is 0 Å². The molecule has 5 rings (SSSR count). The van der Waals surface area contributed by atoms with Crippen molar-refractivity contribution in [2.75, 3.05) is 27.3 Å². The standard InChI is InChI=1S/C40H50N6O6S/c1-23(2)31(18-35(47)51-7)38(48)45-21-25(5)15-33(45)32-17-27(19-41-32)9-11-29-13-14-30(53-29)12-10-28-20-42-37(43-28)34-16-26(6)22-46(34)39(49)36(24(3)4)44-40(50)52-8/h13-14,19-20,23-26,31,33-34,36H,15-18,21-22H2,1-8H3,(H,42,43)(H,44,50)/t25-,26-,31-,33-,34-,36-/m0/s1. The van der Waals surface area contributed by atoms with Gasteiger partial charge in [-0.05, 0) is 60.5 Å². The Morgan fingerprint density at radius 1 is 0.906 bits per heavy atom. The number of aliphatic imine (C=N–C) groups is 1. The number of carbonyl (C=O) groups excluding carboxylic acids is 4. The van der Waals surface area contributed by atoms with Gasteiger partial charge >= 0.3 is 12.1 Å². The van der Waals surface area contributed by atoms with E-state index in [2.05, 4.69) is 52.8 Å². The summed E-state index contributed by atoms with van der Waals surface area (Å²) in [5.41, 5.74) is 2.46. The largest absolute Gasteiger partial charge is 0.469 e. The summed E-state index contributed by atoms with van der Waals surface area (Å²) in [5, 5.41) is 2.69. The summed E-state index contributed by atoms with van der Waals surface area (Å²) in [7, 11) is 2.63. The highest BCUT2D eigenvalue weighted by atomic mass is 32.1. The second kappa shape index (κ2) is 17.3. The van der Waals surface area contributed by atoms with E-state index in [4.69, 9.17) is 14.5 Å². The lowest BCUT2D eigenvalue weighted by atomic mass is 9.90. The number of likely N-dealkylation sites (tertiary alicyclic amines) is 2. The maximum atomic E-state index is 13.7. The minimum absolute atomic E-state index is 0.00600. The van der Waals surface area contributed by atoms with Gasteiger partial charge in [-0.3, -0.25) is 19.4 Å². The number of H-pyrrole nitrogens is 1. The number of aromatic nitrogens is 2. The molecule has 3 amide bonds. The Hall–Kier alpha value is -4.88. The van der Waals surface area contributed by atoms with E-state index in [0.717, 1.165) is 33.9 Å². The van der Waals surface area contributed by atoms with E-state index in [-0.39, 0.29) is 54.0 Å². The number of amides is 3. The molecule has 6 atom stereocenters. The van der Waals surface area contributed by atoms with Crippen LogP contribution in [0.15, 0.2) is 35.1 Å². The molecule has 5 heterocycles. The molecule has 2 N–H and O–H groups in total. The van der Waals surface area contributed by atoms with Gasteiger partial charge in [0.15, 0.2) is 0 Å². The topological polar surface area (TPSA) is 146 Å². The number of hydrogen-bond acceptors (Lipinski definition) is 9. The fourth-order valence-corrected chi connectivity index (χ4v) is 7.87. The molecule has 0 aromatic carbocycles. The van der Waals surface area contributed by atoms with Gasteiger partial charge in [-0.25, -0.2) is 9.78 Å². The van der Waals surface area contributed by atoms with Gasteiger partial charge in [0.05, 0.1) is 54.6 Å². The highest BCUT2D eigenvalue weighted by molar-refractivity contribution is 7.13. The van der Waals surface area contributed by atoms with Crippen LogP contribution < -0.4 is 5.32 Å². The number of methoxy groups -OCH3 is 2. The third-order valence-electron chi connectivity index (χ3n) is 10.0. The van der Waals surface area contributed by atoms with Gasteiger partial charge in [-0.15, -0.1) is 11.3 Å². The predicted molar refractivity (Wildman–Crippen MR) is 203 cm³/mol. The molecule has 13 heteroatoms. The molecule has 0 unspecified atom stereocenters. The van der Waals surface area contributed by atoms with Crippen LogP contribution in [-0.4, -0.2) is 88.7 Å². The van der Waals surface area contributed by atoms with Crippen molar-refractivity contribution in [2.24, 2.45) is 34.6 Å². The van der Waals surface area contributed by atoms with Crippen LogP contribution in [-0.2, 0) is 23.9 Å². The fourth-order valence-electron chi connectivity index (χ4n) is 7.16. The van der Waals surface area contributed by atoms with E-state index in [0.29, 0.717) is 36.9 Å². The number of nitrogens with zero attached hydrogens (tertiary/aromatic N) is 4. The van der Waals surface area contributed by atoms with E-state index < -0.39 is 18.1 Å². The van der Waals surface area contributed by atoms with Gasteiger partial charge in [0, 0.05) is 37.0 Å². The van der Waals surface area contributed by atoms with Crippen LogP contribution in [0, 0.1) is 53.3 Å². The Labute approximate surface area is 316 Å². The van der Waals surface area contributed by atoms with Gasteiger partial charge in [0.25, 0.3) is 0 Å². The number of rotatable bonds is 9. The number of alkyl carbamates (subject to hydrolysis) is 1. The number of ether oxygens (including phenoxy) is 2. The normalized spacial score (nSPS) is 22.0. The average Bonchev–Trinajstić information content (AvgIpc) is 3.97. The molecular formula is C40H50N6O6S. The summed E-state index contributed by atoms with van der Waals surface area (Å²) in [6.07, 6.45) is 5.07. The number of imidazole rings is 1. The zero-order chi connectivity index (χ0) is 38.4. The van der Waals surface area contributed by atoms with Crippen LogP contribution in [0.5, 0.6) is 0 Å². The molecule has 53 heavy (non-hydrogen) atoms. The monoisotopic (exact) mass is 742 g/mol. The Bertz CT molecular complexity index is 1890. The lowest BCUT2D eigenvalue weighted by molar-refractivity contribution is -0.148. The molecule has 0 aliphatic carbocycles. The number of hydrogen-bond donors (Lipinski definition) is 2. The third kappa shape index (κ3) is 9.57. The van der Waals surface area contributed by atoms with Gasteiger partial charge in [0.2, 0.25) is 11.8 Å². The highest BCUT2D eigenvalue weighted by Crippen LogP contribution is 2.35. The number of nitrogens with one attached hydrogen (secondary N) is 2. The smallest absolute Gasteiger partial charge is 0.407 e. The van der Waals surface area contributed by atoms with E-state index in [1.165, 1.54) is 25.6 Å². The number of thiophene rings is 1. The molecule has 282 valence electrons. The quantitative estimate of drug-likeness (QED) is 0.262. The molecule has 0 radical (unpaired) electrons. The Kier molecular flexibility index (Phi) is 12.8. The van der Waals surface area contributed by atoms with Crippen molar-refractivity contribution in [1.82, 2.24) is 25.1 Å². The lowest BCUT2D eigenvalue weighted by Gasteiger charge is -2.30. The first-order valence-electron chi connectivity index (χ1n) is 18.2. The summed E-state index contributed by atoms with van der Waals surface area (Å²) < 4.78 is 9.62. The number of allylic oxidation sites excluding steroid dienone is 1. The van der Waals surface area contributed by atoms with Crippen LogP contribution in [0.3, 0.4) is 0 Å². The Balaban J connectivity index is 1.20. The molecule has 2 aromatic heterocycles. The molecule has 3 aliphatic heterocycles. The first kappa shape index (κ1) is 39.3. The summed E-state index contributed by atoms with van der Waals surface area (Å²) in [6.45, 7) is 13.1. The predicted octanol–water partition coefficient (Wildman–Crippen LogP) is 5.31. The molecule has 0 saturated carbocycles. The first-order chi connectivity index (χ1) is 25.3. The summed E-state index contributed by atoms with van der Waals surface area (Å²) >= 11 is 1.49. The second-order valence-electron chi connectivity index (χ2n) is 15.0. The maximum absolute atomic E-state index is 13.7. The average molecular weight is 743 g/mol. The van der Waals surface area contributed by atoms with Crippen molar-refractivity contribution in [3.05, 3.63) is 51.4 Å². The zero-order valence-electron chi connectivity index (χ0n) is 31.8. The van der Waals surface area contributed by atoms with Gasteiger partial charge < -0.3 is 29.6 Å². The fraction of sp³-hybridized carbons (Fsp3) is 0.550. The van der Waals surface area contributed by atoms with Crippen LogP contribution in [0.1, 0.15) is 94.5 Å². The Morgan fingerprint density at radius 3 is 2.17 bits per heavy atom. The van der Waals surface area contributed by atoms with Crippen molar-refractivity contribution >= 4 is 40.9 Å². The van der Waals surface area contributed by atoms with Crippen molar-refractivity contribution in [2.45, 2.75) is 85.4 Å². The lowest BCUT2D eigenvalue weighted by Crippen LogP contribution is -2.51. The van der Waals surface area contributed by atoms with E-state index in [9.17, 15) is 19.2 Å². The summed E-state index contributed by atoms with van der Waals surface area (Å²) in [5.74, 6) is 13.0. The minimum Gasteiger partial charge on any atom is -0.469 e. The molecule has 2 fully saturated rings. The van der Waals surface area contributed by atoms with Crippen molar-refractivity contribution < 1.29 is 28.7 Å². The van der Waals surface area contributed by atoms with Gasteiger partial charge in [-0.1, -0.05) is 53.4 Å². The van der Waals surface area contributed by atoms with Crippen LogP contribution in [0.2, 0.25) is 0 Å². The summed E-state index contributed by atoms with van der Waals surface area (Å²) in [4.78, 5) is 69.2. The van der Waals surface area contributed by atoms with Gasteiger partial charge in [0.1, 0.15) is 17.6 Å². The molecular weight excluding hydrogens is 693 g/mol. The molecule has 0 spiro atoms.